The van der Waals surface area contributed by atoms with Crippen molar-refractivity contribution in [2.24, 2.45) is 0 Å². The van der Waals surface area contributed by atoms with Crippen LogP contribution in [0.5, 0.6) is 5.88 Å². The Labute approximate surface area is 189 Å². The van der Waals surface area contributed by atoms with Gasteiger partial charge in [0, 0.05) is 29.9 Å². The fourth-order valence-electron chi connectivity index (χ4n) is 3.40. The first kappa shape index (κ1) is 22.0. The van der Waals surface area contributed by atoms with Gasteiger partial charge in [-0.15, -0.1) is 5.10 Å². The number of nitrogen functional groups attached to an aromatic ring is 1. The summed E-state index contributed by atoms with van der Waals surface area (Å²) in [5.41, 5.74) is 7.36. The second kappa shape index (κ2) is 9.11. The van der Waals surface area contributed by atoms with Crippen LogP contribution in [0.4, 0.5) is 10.2 Å². The van der Waals surface area contributed by atoms with Gasteiger partial charge < -0.3 is 15.4 Å². The highest BCUT2D eigenvalue weighted by molar-refractivity contribution is 5.98. The van der Waals surface area contributed by atoms with Gasteiger partial charge in [0.25, 0.3) is 5.91 Å². The number of halogens is 1. The van der Waals surface area contributed by atoms with E-state index in [0.29, 0.717) is 34.1 Å². The number of aryl methyl sites for hydroxylation is 1. The van der Waals surface area contributed by atoms with E-state index in [4.69, 9.17) is 10.5 Å². The van der Waals surface area contributed by atoms with E-state index in [9.17, 15) is 4.79 Å². The fourth-order valence-corrected chi connectivity index (χ4v) is 3.40. The minimum atomic E-state index is -0.699. The first-order valence-electron chi connectivity index (χ1n) is 10.2. The molecule has 3 heterocycles. The van der Waals surface area contributed by atoms with Gasteiger partial charge in [0.15, 0.2) is 0 Å². The lowest BCUT2D eigenvalue weighted by Crippen LogP contribution is -2.35. The van der Waals surface area contributed by atoms with Crippen molar-refractivity contribution < 1.29 is 13.9 Å². The number of ether oxygens (including phenoxy) is 1. The predicted molar refractivity (Wildman–Crippen MR) is 120 cm³/mol. The molecule has 0 fully saturated rings. The van der Waals surface area contributed by atoms with Crippen LogP contribution in [0.3, 0.4) is 0 Å². The Balaban J connectivity index is 1.76. The minimum absolute atomic E-state index is 0.0613. The van der Waals surface area contributed by atoms with Crippen molar-refractivity contribution >= 4 is 22.6 Å². The van der Waals surface area contributed by atoms with Gasteiger partial charge in [-0.1, -0.05) is 0 Å². The lowest BCUT2D eigenvalue weighted by Gasteiger charge is -2.28. The van der Waals surface area contributed by atoms with Crippen LogP contribution in [0.15, 0.2) is 48.8 Å². The highest BCUT2D eigenvalue weighted by atomic mass is 19.1. The number of amides is 1. The number of carbonyl (C=O) groups excluding carboxylic acids is 1. The van der Waals surface area contributed by atoms with Crippen LogP contribution < -0.4 is 10.5 Å². The number of nitrogens with two attached hydrogens (primary N) is 1. The third-order valence-electron chi connectivity index (χ3n) is 5.29. The molecule has 0 aliphatic heterocycles. The van der Waals surface area contributed by atoms with E-state index in [1.54, 1.807) is 50.5 Å². The smallest absolute Gasteiger partial charge is 0.257 e. The predicted octanol–water partition coefficient (Wildman–Crippen LogP) is 3.26. The number of carbonyl (C=O) groups is 1. The molecule has 1 aromatic carbocycles. The molecule has 10 heteroatoms. The summed E-state index contributed by atoms with van der Waals surface area (Å²) < 4.78 is 20.1. The molecule has 1 atom stereocenters. The molecule has 0 aliphatic rings. The summed E-state index contributed by atoms with van der Waals surface area (Å²) in [7, 11) is 1.49. The Morgan fingerprint density at radius 3 is 2.61 bits per heavy atom. The van der Waals surface area contributed by atoms with E-state index in [2.05, 4.69) is 25.1 Å². The largest absolute Gasteiger partial charge is 0.480 e. The van der Waals surface area contributed by atoms with Crippen LogP contribution in [-0.2, 0) is 6.54 Å². The number of pyridine rings is 1. The maximum absolute atomic E-state index is 15.1. The number of rotatable bonds is 6. The van der Waals surface area contributed by atoms with Crippen LogP contribution in [0, 0.1) is 12.7 Å². The molecule has 0 aliphatic carbocycles. The normalized spacial score (nSPS) is 11.9. The quantitative estimate of drug-likeness (QED) is 0.478. The topological polar surface area (TPSA) is 120 Å². The number of hydrogen-bond acceptors (Lipinski definition) is 8. The third kappa shape index (κ3) is 4.54. The maximum atomic E-state index is 15.1. The van der Waals surface area contributed by atoms with E-state index in [0.717, 1.165) is 5.56 Å². The molecule has 0 saturated carbocycles. The van der Waals surface area contributed by atoms with Crippen LogP contribution in [0.2, 0.25) is 0 Å². The number of methoxy groups -OCH3 is 1. The van der Waals surface area contributed by atoms with Crippen molar-refractivity contribution in [3.8, 4) is 5.88 Å². The molecule has 0 saturated heterocycles. The Bertz CT molecular complexity index is 1300. The number of nitrogens with zero attached hydrogens (tertiary/aromatic N) is 6. The number of aromatic nitrogens is 5. The van der Waals surface area contributed by atoms with E-state index >= 15 is 4.39 Å². The summed E-state index contributed by atoms with van der Waals surface area (Å²) >= 11 is 0. The van der Waals surface area contributed by atoms with Gasteiger partial charge in [0.1, 0.15) is 17.5 Å². The maximum Gasteiger partial charge on any atom is 0.257 e. The molecule has 4 aromatic rings. The Hall–Kier alpha value is -4.21. The van der Waals surface area contributed by atoms with Crippen LogP contribution in [0.1, 0.15) is 40.4 Å². The van der Waals surface area contributed by atoms with Crippen molar-refractivity contribution in [2.45, 2.75) is 26.4 Å². The molecular weight excluding hydrogens is 425 g/mol. The molecule has 0 spiro atoms. The van der Waals surface area contributed by atoms with E-state index in [-0.39, 0.29) is 12.1 Å². The molecule has 3 aromatic heterocycles. The summed E-state index contributed by atoms with van der Waals surface area (Å²) in [4.78, 5) is 27.8. The molecule has 0 radical (unpaired) electrons. The molecule has 0 unspecified atom stereocenters. The first-order valence-corrected chi connectivity index (χ1v) is 10.2. The molecule has 168 valence electrons. The zero-order valence-electron chi connectivity index (χ0n) is 18.4. The lowest BCUT2D eigenvalue weighted by molar-refractivity contribution is 0.0658. The first-order chi connectivity index (χ1) is 15.9. The molecule has 0 bridgehead atoms. The summed E-state index contributed by atoms with van der Waals surface area (Å²) in [5.74, 6) is -0.162. The van der Waals surface area contributed by atoms with Crippen LogP contribution in [0.25, 0.3) is 10.9 Å². The molecule has 9 nitrogen and oxygen atoms in total. The van der Waals surface area contributed by atoms with Crippen molar-refractivity contribution in [1.29, 1.82) is 0 Å². The van der Waals surface area contributed by atoms with Crippen molar-refractivity contribution in [3.05, 3.63) is 77.3 Å². The lowest BCUT2D eigenvalue weighted by atomic mass is 10.1. The third-order valence-corrected chi connectivity index (χ3v) is 5.29. The summed E-state index contributed by atoms with van der Waals surface area (Å²) in [6.07, 6.45) is 3.17. The second-order valence-corrected chi connectivity index (χ2v) is 7.50. The summed E-state index contributed by atoms with van der Waals surface area (Å²) in [6.45, 7) is 3.64. The molecule has 2 N–H and O–H groups in total. The number of fused-ring (bicyclic) bond motifs is 1. The number of hydrogen-bond donors (Lipinski definition) is 1. The highest BCUT2D eigenvalue weighted by Gasteiger charge is 2.28. The van der Waals surface area contributed by atoms with Gasteiger partial charge in [0.05, 0.1) is 36.5 Å². The molecule has 4 rings (SSSR count). The SMILES string of the molecule is COc1ccc(CN(C(=O)c2cc3cc(C)c(N)nc3cc2F)[C@@H](C)c2ncccn2)nn1. The van der Waals surface area contributed by atoms with Gasteiger partial charge in [-0.05, 0) is 43.7 Å². The highest BCUT2D eigenvalue weighted by Crippen LogP contribution is 2.26. The number of anilines is 1. The van der Waals surface area contributed by atoms with Gasteiger partial charge in [-0.2, -0.15) is 5.10 Å². The molecule has 33 heavy (non-hydrogen) atoms. The average Bonchev–Trinajstić information content (AvgIpc) is 2.83. The minimum Gasteiger partial charge on any atom is -0.480 e. The standard InChI is InChI=1S/C23H22FN7O2/c1-13-9-15-10-17(18(24)11-19(15)28-21(13)25)23(32)31(14(2)22-26-7-4-8-27-22)12-16-5-6-20(33-3)30-29-16/h4-11,14H,12H2,1-3H3,(H2,25,28)/t14-/m0/s1. The average molecular weight is 447 g/mol. The zero-order chi connectivity index (χ0) is 23.5. The second-order valence-electron chi connectivity index (χ2n) is 7.50. The fraction of sp³-hybridized carbons (Fsp3) is 0.217. The zero-order valence-corrected chi connectivity index (χ0v) is 18.4. The summed E-state index contributed by atoms with van der Waals surface area (Å²) in [6, 6.07) is 8.93. The van der Waals surface area contributed by atoms with Crippen molar-refractivity contribution in [2.75, 3.05) is 12.8 Å². The number of benzene rings is 1. The summed E-state index contributed by atoms with van der Waals surface area (Å²) in [5, 5.41) is 8.67. The van der Waals surface area contributed by atoms with Gasteiger partial charge >= 0.3 is 0 Å². The molecular formula is C23H22FN7O2. The van der Waals surface area contributed by atoms with Crippen molar-refractivity contribution in [3.63, 3.8) is 0 Å². The van der Waals surface area contributed by atoms with Crippen LogP contribution >= 0.6 is 0 Å². The Kier molecular flexibility index (Phi) is 6.07. The van der Waals surface area contributed by atoms with Gasteiger partial charge in [-0.3, -0.25) is 4.79 Å². The van der Waals surface area contributed by atoms with Crippen molar-refractivity contribution in [1.82, 2.24) is 30.0 Å². The van der Waals surface area contributed by atoms with E-state index in [1.807, 2.05) is 0 Å². The van der Waals surface area contributed by atoms with Gasteiger partial charge in [-0.25, -0.2) is 19.3 Å². The monoisotopic (exact) mass is 447 g/mol. The Morgan fingerprint density at radius 2 is 1.94 bits per heavy atom. The van der Waals surface area contributed by atoms with Gasteiger partial charge in [0.2, 0.25) is 5.88 Å². The Morgan fingerprint density at radius 1 is 1.18 bits per heavy atom. The van der Waals surface area contributed by atoms with E-state index in [1.165, 1.54) is 24.1 Å². The van der Waals surface area contributed by atoms with E-state index < -0.39 is 17.8 Å². The van der Waals surface area contributed by atoms with Crippen LogP contribution in [-0.4, -0.2) is 43.1 Å². The molecule has 1 amide bonds.